The zero-order chi connectivity index (χ0) is 25.6. The quantitative estimate of drug-likeness (QED) is 0.505. The number of ketones is 1. The van der Waals surface area contributed by atoms with Crippen molar-refractivity contribution in [1.29, 1.82) is 0 Å². The molecule has 2 fully saturated rings. The molecule has 1 aromatic heterocycles. The molecule has 2 heterocycles. The van der Waals surface area contributed by atoms with Gasteiger partial charge in [-0.15, -0.1) is 0 Å². The summed E-state index contributed by atoms with van der Waals surface area (Å²) in [7, 11) is -3.55. The third-order valence-corrected chi connectivity index (χ3v) is 8.27. The average molecular weight is 532 g/mol. The second-order valence-corrected chi connectivity index (χ2v) is 12.2. The van der Waals surface area contributed by atoms with Crippen molar-refractivity contribution in [3.63, 3.8) is 0 Å². The molecular weight excluding hydrogens is 507 g/mol. The number of nitrogens with zero attached hydrogens (tertiary/aromatic N) is 3. The van der Waals surface area contributed by atoms with Gasteiger partial charge in [0.25, 0.3) is 11.7 Å². The minimum Gasteiger partial charge on any atom is -0.492 e. The number of benzene rings is 1. The summed E-state index contributed by atoms with van der Waals surface area (Å²) in [6.07, 6.45) is -0.952. The number of hydrogen-bond acceptors (Lipinski definition) is 8. The summed E-state index contributed by atoms with van der Waals surface area (Å²) in [4.78, 5) is 31.5. The lowest BCUT2D eigenvalue weighted by Gasteiger charge is -2.35. The molecule has 1 saturated heterocycles. The normalized spacial score (nSPS) is 17.9. The molecule has 0 N–H and O–H groups in total. The van der Waals surface area contributed by atoms with Crippen LogP contribution in [0, 0.1) is 5.41 Å². The second kappa shape index (κ2) is 9.08. The first-order valence-corrected chi connectivity index (χ1v) is 13.6. The summed E-state index contributed by atoms with van der Waals surface area (Å²) in [6, 6.07) is 4.24. The average Bonchev–Trinajstić information content (AvgIpc) is 3.33. The lowest BCUT2D eigenvalue weighted by molar-refractivity contribution is -0.0882. The Hall–Kier alpha value is -2.67. The van der Waals surface area contributed by atoms with Gasteiger partial charge in [0, 0.05) is 37.8 Å². The van der Waals surface area contributed by atoms with Crippen LogP contribution in [0.4, 0.5) is 18.3 Å². The molecule has 0 radical (unpaired) electrons. The van der Waals surface area contributed by atoms with E-state index >= 15 is 0 Å². The van der Waals surface area contributed by atoms with Gasteiger partial charge in [0.05, 0.1) is 23.3 Å². The van der Waals surface area contributed by atoms with Crippen molar-refractivity contribution in [2.45, 2.75) is 30.8 Å². The molecule has 8 nitrogen and oxygen atoms in total. The number of rotatable bonds is 7. The van der Waals surface area contributed by atoms with Crippen LogP contribution in [0.2, 0.25) is 0 Å². The van der Waals surface area contributed by atoms with E-state index in [1.165, 1.54) is 18.2 Å². The number of thiazole rings is 1. The van der Waals surface area contributed by atoms with E-state index in [4.69, 9.17) is 4.74 Å². The number of hydrogen-bond donors (Lipinski definition) is 0. The number of aromatic nitrogens is 1. The summed E-state index contributed by atoms with van der Waals surface area (Å²) >= 11 is 0.657. The highest BCUT2D eigenvalue weighted by Crippen LogP contribution is 2.45. The highest BCUT2D eigenvalue weighted by atomic mass is 32.2. The highest BCUT2D eigenvalue weighted by molar-refractivity contribution is 7.90. The van der Waals surface area contributed by atoms with Crippen molar-refractivity contribution in [2.24, 2.45) is 5.41 Å². The van der Waals surface area contributed by atoms with Crippen LogP contribution in [0.3, 0.4) is 0 Å². The number of carbonyl (C=O) groups excluding carboxylic acids is 2. The van der Waals surface area contributed by atoms with Crippen molar-refractivity contribution in [1.82, 2.24) is 9.88 Å². The number of alkyl halides is 3. The number of carbonyl (C=O) groups is 2. The van der Waals surface area contributed by atoms with E-state index in [1.54, 1.807) is 9.80 Å². The summed E-state index contributed by atoms with van der Waals surface area (Å²) in [5.74, 6) is -2.01. The molecule has 4 rings (SSSR count). The Labute approximate surface area is 204 Å². The van der Waals surface area contributed by atoms with Crippen LogP contribution in [0.1, 0.15) is 39.8 Å². The van der Waals surface area contributed by atoms with Crippen LogP contribution in [-0.4, -0.2) is 75.2 Å². The summed E-state index contributed by atoms with van der Waals surface area (Å²) < 4.78 is 68.0. The summed E-state index contributed by atoms with van der Waals surface area (Å²) in [5, 5.41) is 0.269. The maximum atomic E-state index is 13.3. The first-order chi connectivity index (χ1) is 16.3. The minimum atomic E-state index is -4.97. The molecule has 1 aliphatic heterocycles. The second-order valence-electron chi connectivity index (χ2n) is 9.14. The van der Waals surface area contributed by atoms with Gasteiger partial charge in [-0.25, -0.2) is 13.4 Å². The van der Waals surface area contributed by atoms with Gasteiger partial charge in [0.15, 0.2) is 15.0 Å². The molecule has 1 saturated carbocycles. The molecule has 2 aromatic rings. The third kappa shape index (κ3) is 5.77. The van der Waals surface area contributed by atoms with E-state index in [0.717, 1.165) is 25.3 Å². The lowest BCUT2D eigenvalue weighted by atomic mass is 10.1. The monoisotopic (exact) mass is 531 g/mol. The van der Waals surface area contributed by atoms with Crippen LogP contribution < -0.4 is 9.64 Å². The molecule has 0 spiro atoms. The number of piperazine rings is 1. The predicted molar refractivity (Wildman–Crippen MR) is 123 cm³/mol. The Kier molecular flexibility index (Phi) is 6.60. The SMILES string of the molecule is CC1(COc2ccc(S(C)(=O)=O)cc2C(=O)N2CCN(c3ncc(C(=O)C(F)(F)F)s3)CC2)CC1. The van der Waals surface area contributed by atoms with Crippen molar-refractivity contribution >= 4 is 38.0 Å². The molecule has 0 atom stereocenters. The van der Waals surface area contributed by atoms with Gasteiger partial charge >= 0.3 is 6.18 Å². The first kappa shape index (κ1) is 25.4. The van der Waals surface area contributed by atoms with Gasteiger partial charge in [-0.05, 0) is 31.0 Å². The van der Waals surface area contributed by atoms with Crippen LogP contribution in [0.25, 0.3) is 0 Å². The maximum absolute atomic E-state index is 13.3. The number of sulfone groups is 1. The van der Waals surface area contributed by atoms with Crippen LogP contribution in [0.5, 0.6) is 5.75 Å². The van der Waals surface area contributed by atoms with E-state index in [9.17, 15) is 31.2 Å². The predicted octanol–water partition coefficient (Wildman–Crippen LogP) is 3.43. The van der Waals surface area contributed by atoms with E-state index in [-0.39, 0.29) is 34.1 Å². The van der Waals surface area contributed by atoms with Crippen LogP contribution in [0.15, 0.2) is 29.3 Å². The molecule has 190 valence electrons. The molecule has 1 amide bonds. The van der Waals surface area contributed by atoms with Crippen molar-refractivity contribution in [2.75, 3.05) is 43.9 Å². The van der Waals surface area contributed by atoms with Crippen molar-refractivity contribution in [3.8, 4) is 5.75 Å². The molecule has 1 aromatic carbocycles. The Morgan fingerprint density at radius 2 is 1.83 bits per heavy atom. The van der Waals surface area contributed by atoms with Crippen LogP contribution >= 0.6 is 11.3 Å². The van der Waals surface area contributed by atoms with Crippen molar-refractivity contribution < 1.29 is 35.9 Å². The molecule has 2 aliphatic rings. The zero-order valence-electron chi connectivity index (χ0n) is 19.1. The number of halogens is 3. The van der Waals surface area contributed by atoms with E-state index in [0.29, 0.717) is 36.8 Å². The zero-order valence-corrected chi connectivity index (χ0v) is 20.7. The Bertz CT molecular complexity index is 1250. The standard InChI is InChI=1S/C22H24F3N3O5S2/c1-21(5-6-21)13-33-16-4-3-14(35(2,31)32)11-15(16)19(30)27-7-9-28(10-8-27)20-26-12-17(34-20)18(29)22(23,24)25/h3-4,11-12H,5-10,13H2,1-2H3. The molecule has 1 aliphatic carbocycles. The summed E-state index contributed by atoms with van der Waals surface area (Å²) in [5.41, 5.74) is 0.208. The molecular formula is C22H24F3N3O5S2. The maximum Gasteiger partial charge on any atom is 0.455 e. The van der Waals surface area contributed by atoms with E-state index in [2.05, 4.69) is 11.9 Å². The molecule has 35 heavy (non-hydrogen) atoms. The fourth-order valence-corrected chi connectivity index (χ4v) is 5.14. The fraction of sp³-hybridized carbons (Fsp3) is 0.500. The van der Waals surface area contributed by atoms with Gasteiger partial charge < -0.3 is 14.5 Å². The van der Waals surface area contributed by atoms with Gasteiger partial charge in [0.1, 0.15) is 10.6 Å². The van der Waals surface area contributed by atoms with E-state index < -0.39 is 32.6 Å². The number of Topliss-reactive ketones (excluding diaryl/α,β-unsaturated/α-hetero) is 1. The van der Waals surface area contributed by atoms with Crippen molar-refractivity contribution in [3.05, 3.63) is 34.8 Å². The van der Waals surface area contributed by atoms with Gasteiger partial charge in [-0.3, -0.25) is 9.59 Å². The molecule has 0 unspecified atom stereocenters. The number of ether oxygens (including phenoxy) is 1. The first-order valence-electron chi connectivity index (χ1n) is 10.9. The third-order valence-electron chi connectivity index (χ3n) is 6.10. The number of anilines is 1. The highest BCUT2D eigenvalue weighted by Gasteiger charge is 2.41. The topological polar surface area (TPSA) is 96.9 Å². The largest absolute Gasteiger partial charge is 0.492 e. The minimum absolute atomic E-state index is 0.00844. The summed E-state index contributed by atoms with van der Waals surface area (Å²) in [6.45, 7) is 3.55. The lowest BCUT2D eigenvalue weighted by Crippen LogP contribution is -2.48. The van der Waals surface area contributed by atoms with Gasteiger partial charge in [-0.2, -0.15) is 13.2 Å². The molecule has 13 heteroatoms. The van der Waals surface area contributed by atoms with Gasteiger partial charge in [0.2, 0.25) is 0 Å². The Balaban J connectivity index is 1.47. The fourth-order valence-electron chi connectivity index (χ4n) is 3.57. The van der Waals surface area contributed by atoms with Crippen LogP contribution in [-0.2, 0) is 9.84 Å². The van der Waals surface area contributed by atoms with E-state index in [1.807, 2.05) is 0 Å². The Morgan fingerprint density at radius 3 is 2.40 bits per heavy atom. The van der Waals surface area contributed by atoms with Gasteiger partial charge in [-0.1, -0.05) is 18.3 Å². The Morgan fingerprint density at radius 1 is 1.17 bits per heavy atom. The smallest absolute Gasteiger partial charge is 0.455 e. The molecule has 0 bridgehead atoms. The number of amides is 1.